The maximum absolute atomic E-state index is 12.3. The number of nitrogens with zero attached hydrogens (tertiary/aromatic N) is 1. The average Bonchev–Trinajstić information content (AvgIpc) is 2.38. The van der Waals surface area contributed by atoms with Crippen LogP contribution >= 0.6 is 0 Å². The first-order chi connectivity index (χ1) is 8.58. The van der Waals surface area contributed by atoms with Gasteiger partial charge in [-0.3, -0.25) is 4.79 Å². The minimum Gasteiger partial charge on any atom is -0.337 e. The van der Waals surface area contributed by atoms with Crippen molar-refractivity contribution < 1.29 is 4.79 Å². The molecule has 1 aliphatic rings. The Kier molecular flexibility index (Phi) is 4.02. The van der Waals surface area contributed by atoms with Crippen molar-refractivity contribution >= 4 is 5.91 Å². The first-order valence-corrected chi connectivity index (χ1v) is 6.72. The van der Waals surface area contributed by atoms with Gasteiger partial charge in [0.1, 0.15) is 0 Å². The minimum atomic E-state index is 0.112. The molecule has 1 heterocycles. The highest BCUT2D eigenvalue weighted by Crippen LogP contribution is 2.17. The molecule has 1 saturated heterocycles. The number of carbonyl (C=O) groups excluding carboxylic acids is 1. The summed E-state index contributed by atoms with van der Waals surface area (Å²) in [7, 11) is 0. The molecule has 0 bridgehead atoms. The Balaban J connectivity index is 2.08. The van der Waals surface area contributed by atoms with Crippen molar-refractivity contribution in [3.8, 4) is 0 Å². The van der Waals surface area contributed by atoms with Crippen LogP contribution in [-0.4, -0.2) is 29.9 Å². The van der Waals surface area contributed by atoms with Crippen molar-refractivity contribution in [3.63, 3.8) is 0 Å². The molecule has 2 rings (SSSR count). The molecule has 0 aliphatic carbocycles. The van der Waals surface area contributed by atoms with E-state index in [-0.39, 0.29) is 11.9 Å². The number of nitrogens with two attached hydrogens (primary N) is 1. The molecule has 1 fully saturated rings. The standard InChI is InChI=1S/C15H22N2O/c1-11(2)12-5-7-13(8-6-12)15(18)17-9-3-4-14(16)10-17/h5-8,11,14H,3-4,9-10,16H2,1-2H3/t14-/m0/s1. The molecular weight excluding hydrogens is 224 g/mol. The van der Waals surface area contributed by atoms with Crippen LogP contribution < -0.4 is 5.73 Å². The van der Waals surface area contributed by atoms with Crippen molar-refractivity contribution in [1.82, 2.24) is 4.90 Å². The highest BCUT2D eigenvalue weighted by molar-refractivity contribution is 5.94. The summed E-state index contributed by atoms with van der Waals surface area (Å²) in [5.74, 6) is 0.609. The molecular formula is C15H22N2O. The van der Waals surface area contributed by atoms with Crippen LogP contribution in [-0.2, 0) is 0 Å². The average molecular weight is 246 g/mol. The van der Waals surface area contributed by atoms with Crippen molar-refractivity contribution in [2.24, 2.45) is 5.73 Å². The molecule has 18 heavy (non-hydrogen) atoms. The Labute approximate surface area is 109 Å². The van der Waals surface area contributed by atoms with Gasteiger partial charge < -0.3 is 10.6 Å². The number of amides is 1. The number of hydrogen-bond acceptors (Lipinski definition) is 2. The minimum absolute atomic E-state index is 0.112. The van der Waals surface area contributed by atoms with Crippen molar-refractivity contribution in [1.29, 1.82) is 0 Å². The third kappa shape index (κ3) is 2.91. The molecule has 1 aromatic rings. The van der Waals surface area contributed by atoms with Crippen LogP contribution in [0.25, 0.3) is 0 Å². The zero-order valence-electron chi connectivity index (χ0n) is 11.2. The predicted molar refractivity (Wildman–Crippen MR) is 73.6 cm³/mol. The number of piperidine rings is 1. The molecule has 2 N–H and O–H groups in total. The number of likely N-dealkylation sites (tertiary alicyclic amines) is 1. The second-order valence-corrected chi connectivity index (χ2v) is 5.43. The topological polar surface area (TPSA) is 46.3 Å². The SMILES string of the molecule is CC(C)c1ccc(C(=O)N2CCC[C@H](N)C2)cc1. The highest BCUT2D eigenvalue weighted by atomic mass is 16.2. The Morgan fingerprint density at radius 3 is 2.56 bits per heavy atom. The summed E-state index contributed by atoms with van der Waals surface area (Å²) in [5, 5.41) is 0. The maximum Gasteiger partial charge on any atom is 0.253 e. The Morgan fingerprint density at radius 2 is 2.00 bits per heavy atom. The normalized spacial score (nSPS) is 20.2. The summed E-state index contributed by atoms with van der Waals surface area (Å²) >= 11 is 0. The molecule has 0 spiro atoms. The van der Waals surface area contributed by atoms with Crippen molar-refractivity contribution in [2.75, 3.05) is 13.1 Å². The Hall–Kier alpha value is -1.35. The highest BCUT2D eigenvalue weighted by Gasteiger charge is 2.22. The molecule has 1 amide bonds. The van der Waals surface area contributed by atoms with Crippen LogP contribution in [0.4, 0.5) is 0 Å². The van der Waals surface area contributed by atoms with E-state index in [0.717, 1.165) is 24.9 Å². The van der Waals surface area contributed by atoms with E-state index >= 15 is 0 Å². The molecule has 98 valence electrons. The fourth-order valence-corrected chi connectivity index (χ4v) is 2.39. The lowest BCUT2D eigenvalue weighted by Crippen LogP contribution is -2.45. The van der Waals surface area contributed by atoms with Gasteiger partial charge in [-0.05, 0) is 36.5 Å². The smallest absolute Gasteiger partial charge is 0.253 e. The largest absolute Gasteiger partial charge is 0.337 e. The number of benzene rings is 1. The fourth-order valence-electron chi connectivity index (χ4n) is 2.39. The lowest BCUT2D eigenvalue weighted by Gasteiger charge is -2.30. The Morgan fingerprint density at radius 1 is 1.33 bits per heavy atom. The first-order valence-electron chi connectivity index (χ1n) is 6.72. The molecule has 0 radical (unpaired) electrons. The lowest BCUT2D eigenvalue weighted by atomic mass is 10.0. The third-order valence-electron chi connectivity index (χ3n) is 3.57. The van der Waals surface area contributed by atoms with Crippen molar-refractivity contribution in [3.05, 3.63) is 35.4 Å². The monoisotopic (exact) mass is 246 g/mol. The molecule has 0 saturated carbocycles. The van der Waals surface area contributed by atoms with Gasteiger partial charge in [0.15, 0.2) is 0 Å². The fraction of sp³-hybridized carbons (Fsp3) is 0.533. The number of hydrogen-bond donors (Lipinski definition) is 1. The molecule has 0 aromatic heterocycles. The summed E-state index contributed by atoms with van der Waals surface area (Å²) in [6, 6.07) is 8.08. The van der Waals surface area contributed by atoms with Gasteiger partial charge in [-0.2, -0.15) is 0 Å². The quantitative estimate of drug-likeness (QED) is 0.871. The predicted octanol–water partition coefficient (Wildman–Crippen LogP) is 2.37. The summed E-state index contributed by atoms with van der Waals surface area (Å²) in [6.45, 7) is 5.82. The van der Waals surface area contributed by atoms with E-state index in [1.54, 1.807) is 0 Å². The van der Waals surface area contributed by atoms with Crippen LogP contribution in [0.5, 0.6) is 0 Å². The van der Waals surface area contributed by atoms with Crippen LogP contribution in [0.15, 0.2) is 24.3 Å². The molecule has 0 unspecified atom stereocenters. The van der Waals surface area contributed by atoms with Crippen LogP contribution in [0.1, 0.15) is 48.5 Å². The molecule has 1 atom stereocenters. The molecule has 3 nitrogen and oxygen atoms in total. The number of carbonyl (C=O) groups is 1. The molecule has 1 aliphatic heterocycles. The second kappa shape index (κ2) is 5.53. The van der Waals surface area contributed by atoms with Crippen LogP contribution in [0.3, 0.4) is 0 Å². The van der Waals surface area contributed by atoms with E-state index in [9.17, 15) is 4.79 Å². The number of rotatable bonds is 2. The zero-order chi connectivity index (χ0) is 13.1. The lowest BCUT2D eigenvalue weighted by molar-refractivity contribution is 0.0709. The summed E-state index contributed by atoms with van der Waals surface area (Å²) in [4.78, 5) is 14.2. The first kappa shape index (κ1) is 13.1. The van der Waals surface area contributed by atoms with Gasteiger partial charge in [-0.15, -0.1) is 0 Å². The van der Waals surface area contributed by atoms with Gasteiger partial charge in [0.05, 0.1) is 0 Å². The van der Waals surface area contributed by atoms with Gasteiger partial charge in [-0.25, -0.2) is 0 Å². The summed E-state index contributed by atoms with van der Waals surface area (Å²) < 4.78 is 0. The van der Waals surface area contributed by atoms with E-state index in [1.807, 2.05) is 29.2 Å². The van der Waals surface area contributed by atoms with E-state index in [4.69, 9.17) is 5.73 Å². The molecule has 3 heteroatoms. The van der Waals surface area contributed by atoms with Gasteiger partial charge in [0, 0.05) is 24.7 Å². The zero-order valence-corrected chi connectivity index (χ0v) is 11.2. The summed E-state index contributed by atoms with van der Waals surface area (Å²) in [6.07, 6.45) is 2.03. The van der Waals surface area contributed by atoms with Crippen molar-refractivity contribution in [2.45, 2.75) is 38.6 Å². The van der Waals surface area contributed by atoms with Crippen LogP contribution in [0.2, 0.25) is 0 Å². The van der Waals surface area contributed by atoms with Crippen LogP contribution in [0, 0.1) is 0 Å². The van der Waals surface area contributed by atoms with E-state index in [1.165, 1.54) is 5.56 Å². The second-order valence-electron chi connectivity index (χ2n) is 5.43. The van der Waals surface area contributed by atoms with E-state index < -0.39 is 0 Å². The van der Waals surface area contributed by atoms with E-state index in [2.05, 4.69) is 13.8 Å². The van der Waals surface area contributed by atoms with E-state index in [0.29, 0.717) is 12.5 Å². The maximum atomic E-state index is 12.3. The third-order valence-corrected chi connectivity index (χ3v) is 3.57. The Bertz CT molecular complexity index is 411. The van der Waals surface area contributed by atoms with Gasteiger partial charge in [0.2, 0.25) is 0 Å². The van der Waals surface area contributed by atoms with Gasteiger partial charge in [0.25, 0.3) is 5.91 Å². The van der Waals surface area contributed by atoms with Gasteiger partial charge in [-0.1, -0.05) is 26.0 Å². The summed E-state index contributed by atoms with van der Waals surface area (Å²) in [5.41, 5.74) is 7.95. The van der Waals surface area contributed by atoms with Gasteiger partial charge >= 0.3 is 0 Å². The molecule has 1 aromatic carbocycles.